The highest BCUT2D eigenvalue weighted by molar-refractivity contribution is 5.05. The average Bonchev–Trinajstić information content (AvgIpc) is 3.12. The molecule has 2 unspecified atom stereocenters. The van der Waals surface area contributed by atoms with E-state index in [0.717, 1.165) is 19.0 Å². The summed E-state index contributed by atoms with van der Waals surface area (Å²) >= 11 is 0. The number of hydrogen-bond acceptors (Lipinski definition) is 5. The molecule has 2 atom stereocenters. The summed E-state index contributed by atoms with van der Waals surface area (Å²) in [6, 6.07) is 1.39. The van der Waals surface area contributed by atoms with Crippen LogP contribution in [-0.2, 0) is 4.74 Å². The van der Waals surface area contributed by atoms with E-state index in [4.69, 9.17) is 9.26 Å². The fourth-order valence-corrected chi connectivity index (χ4v) is 3.89. The van der Waals surface area contributed by atoms with Gasteiger partial charge in [-0.3, -0.25) is 4.90 Å². The van der Waals surface area contributed by atoms with E-state index in [-0.39, 0.29) is 0 Å². The molecule has 1 saturated carbocycles. The van der Waals surface area contributed by atoms with Crippen LogP contribution in [0.15, 0.2) is 4.52 Å². The van der Waals surface area contributed by atoms with Gasteiger partial charge < -0.3 is 9.26 Å². The van der Waals surface area contributed by atoms with Crippen molar-refractivity contribution in [2.45, 2.75) is 69.6 Å². The topological polar surface area (TPSA) is 51.4 Å². The molecule has 0 spiro atoms. The second kappa shape index (κ2) is 5.11. The summed E-state index contributed by atoms with van der Waals surface area (Å²) in [4.78, 5) is 7.10. The van der Waals surface area contributed by atoms with Gasteiger partial charge in [0.05, 0.1) is 12.7 Å². The van der Waals surface area contributed by atoms with E-state index in [2.05, 4.69) is 15.0 Å². The first kappa shape index (κ1) is 12.8. The zero-order valence-electron chi connectivity index (χ0n) is 12.1. The lowest BCUT2D eigenvalue weighted by Crippen LogP contribution is -2.44. The van der Waals surface area contributed by atoms with Crippen LogP contribution in [0.4, 0.5) is 0 Å². The Kier molecular flexibility index (Phi) is 3.27. The van der Waals surface area contributed by atoms with Crippen LogP contribution < -0.4 is 0 Å². The van der Waals surface area contributed by atoms with Crippen molar-refractivity contribution >= 4 is 0 Å². The second-order valence-corrected chi connectivity index (χ2v) is 6.53. The third-order valence-electron chi connectivity index (χ3n) is 5.02. The first-order valence-corrected chi connectivity index (χ1v) is 7.97. The zero-order valence-corrected chi connectivity index (χ0v) is 12.1. The molecule has 3 fully saturated rings. The van der Waals surface area contributed by atoms with Crippen molar-refractivity contribution in [3.05, 3.63) is 11.7 Å². The van der Waals surface area contributed by atoms with Gasteiger partial charge in [-0.15, -0.1) is 0 Å². The van der Waals surface area contributed by atoms with E-state index in [1.54, 1.807) is 0 Å². The Bertz CT molecular complexity index is 457. The molecule has 1 aromatic rings. The molecule has 5 nitrogen and oxygen atoms in total. The Labute approximate surface area is 119 Å². The molecule has 110 valence electrons. The van der Waals surface area contributed by atoms with Crippen molar-refractivity contribution in [2.24, 2.45) is 0 Å². The minimum atomic E-state index is 0.491. The van der Waals surface area contributed by atoms with Crippen molar-refractivity contribution < 1.29 is 9.26 Å². The lowest BCUT2D eigenvalue weighted by Gasteiger charge is -2.37. The summed E-state index contributed by atoms with van der Waals surface area (Å²) in [7, 11) is 0. The van der Waals surface area contributed by atoms with Crippen LogP contribution in [0.2, 0.25) is 0 Å². The zero-order chi connectivity index (χ0) is 13.5. The van der Waals surface area contributed by atoms with Crippen molar-refractivity contribution in [1.29, 1.82) is 0 Å². The molecule has 0 N–H and O–H groups in total. The normalized spacial score (nSPS) is 33.8. The Morgan fingerprint density at radius 3 is 2.55 bits per heavy atom. The van der Waals surface area contributed by atoms with Crippen molar-refractivity contribution in [3.63, 3.8) is 0 Å². The molecule has 2 bridgehead atoms. The van der Waals surface area contributed by atoms with E-state index in [0.29, 0.717) is 30.0 Å². The maximum Gasteiger partial charge on any atom is 0.223 e. The standard InChI is InChI=1S/C15H23N3O2/c1-10-16-15(17-20-10)11-8-12-2-3-13(9-11)18(12)6-7-19-14-4-5-14/h11-14H,2-9H2,1H3. The highest BCUT2D eigenvalue weighted by atomic mass is 16.5. The van der Waals surface area contributed by atoms with Crippen LogP contribution in [0.3, 0.4) is 0 Å². The van der Waals surface area contributed by atoms with E-state index in [9.17, 15) is 0 Å². The molecule has 0 radical (unpaired) electrons. The highest BCUT2D eigenvalue weighted by Crippen LogP contribution is 2.42. The van der Waals surface area contributed by atoms with Gasteiger partial charge in [0.2, 0.25) is 5.89 Å². The van der Waals surface area contributed by atoms with Crippen LogP contribution in [0, 0.1) is 6.92 Å². The third-order valence-corrected chi connectivity index (χ3v) is 5.02. The lowest BCUT2D eigenvalue weighted by molar-refractivity contribution is 0.0543. The molecule has 1 aromatic heterocycles. The average molecular weight is 277 g/mol. The van der Waals surface area contributed by atoms with E-state index in [1.807, 2.05) is 6.92 Å². The summed E-state index contributed by atoms with van der Waals surface area (Å²) in [6.45, 7) is 3.88. The molecule has 0 aromatic carbocycles. The van der Waals surface area contributed by atoms with Gasteiger partial charge in [-0.1, -0.05) is 5.16 Å². The maximum absolute atomic E-state index is 5.81. The SMILES string of the molecule is Cc1nc(C2CC3CCC(C2)N3CCOC2CC2)no1. The van der Waals surface area contributed by atoms with Gasteiger partial charge in [-0.05, 0) is 38.5 Å². The van der Waals surface area contributed by atoms with Gasteiger partial charge in [-0.25, -0.2) is 0 Å². The van der Waals surface area contributed by atoms with E-state index < -0.39 is 0 Å². The molecule has 2 aliphatic heterocycles. The quantitative estimate of drug-likeness (QED) is 0.826. The Morgan fingerprint density at radius 1 is 1.20 bits per heavy atom. The van der Waals surface area contributed by atoms with Crippen LogP contribution in [0.5, 0.6) is 0 Å². The Hall–Kier alpha value is -0.940. The minimum Gasteiger partial charge on any atom is -0.377 e. The number of aryl methyl sites for hydroxylation is 1. The molecule has 1 aliphatic carbocycles. The van der Waals surface area contributed by atoms with Crippen molar-refractivity contribution in [3.8, 4) is 0 Å². The number of piperidine rings is 1. The lowest BCUT2D eigenvalue weighted by atomic mass is 9.90. The highest BCUT2D eigenvalue weighted by Gasteiger charge is 2.42. The number of aromatic nitrogens is 2. The molecular formula is C15H23N3O2. The van der Waals surface area contributed by atoms with Gasteiger partial charge in [0.25, 0.3) is 0 Å². The Balaban J connectivity index is 1.36. The first-order valence-electron chi connectivity index (χ1n) is 7.97. The van der Waals surface area contributed by atoms with Crippen molar-refractivity contribution in [1.82, 2.24) is 15.0 Å². The summed E-state index contributed by atoms with van der Waals surface area (Å²) in [5, 5.41) is 4.13. The fourth-order valence-electron chi connectivity index (χ4n) is 3.89. The summed E-state index contributed by atoms with van der Waals surface area (Å²) in [5.74, 6) is 2.10. The molecule has 3 aliphatic rings. The van der Waals surface area contributed by atoms with Crippen LogP contribution >= 0.6 is 0 Å². The van der Waals surface area contributed by atoms with Gasteiger partial charge in [0.1, 0.15) is 0 Å². The fraction of sp³-hybridized carbons (Fsp3) is 0.867. The van der Waals surface area contributed by atoms with Gasteiger partial charge in [0, 0.05) is 31.5 Å². The molecule has 2 saturated heterocycles. The molecular weight excluding hydrogens is 254 g/mol. The first-order chi connectivity index (χ1) is 9.79. The van der Waals surface area contributed by atoms with E-state index in [1.165, 1.54) is 38.5 Å². The van der Waals surface area contributed by atoms with Crippen LogP contribution in [0.25, 0.3) is 0 Å². The van der Waals surface area contributed by atoms with Crippen molar-refractivity contribution in [2.75, 3.05) is 13.2 Å². The largest absolute Gasteiger partial charge is 0.377 e. The summed E-state index contributed by atoms with van der Waals surface area (Å²) < 4.78 is 11.0. The smallest absolute Gasteiger partial charge is 0.223 e. The number of hydrogen-bond donors (Lipinski definition) is 0. The maximum atomic E-state index is 5.81. The predicted octanol–water partition coefficient (Wildman–Crippen LogP) is 2.27. The number of ether oxygens (including phenoxy) is 1. The summed E-state index contributed by atoms with van der Waals surface area (Å²) in [5.41, 5.74) is 0. The molecule has 20 heavy (non-hydrogen) atoms. The summed E-state index contributed by atoms with van der Waals surface area (Å²) in [6.07, 6.45) is 8.12. The van der Waals surface area contributed by atoms with Crippen LogP contribution in [0.1, 0.15) is 56.2 Å². The monoisotopic (exact) mass is 277 g/mol. The number of nitrogens with zero attached hydrogens (tertiary/aromatic N) is 3. The molecule has 3 heterocycles. The molecule has 4 rings (SSSR count). The predicted molar refractivity (Wildman–Crippen MR) is 73.5 cm³/mol. The molecule has 5 heteroatoms. The number of rotatable bonds is 5. The van der Waals surface area contributed by atoms with Gasteiger partial charge in [0.15, 0.2) is 5.82 Å². The van der Waals surface area contributed by atoms with Crippen LogP contribution in [-0.4, -0.2) is 46.4 Å². The minimum absolute atomic E-state index is 0.491. The Morgan fingerprint density at radius 2 is 1.95 bits per heavy atom. The second-order valence-electron chi connectivity index (χ2n) is 6.53. The number of fused-ring (bicyclic) bond motifs is 2. The van der Waals surface area contributed by atoms with E-state index >= 15 is 0 Å². The third kappa shape index (κ3) is 2.49. The van der Waals surface area contributed by atoms with Gasteiger partial charge in [-0.2, -0.15) is 4.98 Å². The van der Waals surface area contributed by atoms with Gasteiger partial charge >= 0.3 is 0 Å². The molecule has 0 amide bonds.